The minimum absolute atomic E-state index is 0.608. The Morgan fingerprint density at radius 2 is 2.00 bits per heavy atom. The molecule has 3 aromatic rings. The average molecular weight is 254 g/mol. The Morgan fingerprint density at radius 1 is 1.16 bits per heavy atom. The largest absolute Gasteiger partial charge is 0.495 e. The van der Waals surface area contributed by atoms with Gasteiger partial charge < -0.3 is 10.5 Å². The number of pyridine rings is 1. The summed E-state index contributed by atoms with van der Waals surface area (Å²) in [5.74, 6) is 1.43. The van der Waals surface area contributed by atoms with Crippen LogP contribution in [-0.4, -0.2) is 21.7 Å². The lowest BCUT2D eigenvalue weighted by molar-refractivity contribution is 0.417. The van der Waals surface area contributed by atoms with Crippen molar-refractivity contribution in [3.05, 3.63) is 42.1 Å². The summed E-state index contributed by atoms with van der Waals surface area (Å²) in [6, 6.07) is 11.5. The predicted molar refractivity (Wildman–Crippen MR) is 74.1 cm³/mol. The van der Waals surface area contributed by atoms with Gasteiger partial charge in [-0.3, -0.25) is 4.40 Å². The van der Waals surface area contributed by atoms with E-state index < -0.39 is 0 Å². The molecule has 2 heterocycles. The van der Waals surface area contributed by atoms with Gasteiger partial charge in [0.25, 0.3) is 0 Å². The molecule has 0 radical (unpaired) electrons. The van der Waals surface area contributed by atoms with E-state index in [0.29, 0.717) is 11.4 Å². The van der Waals surface area contributed by atoms with Gasteiger partial charge in [0.2, 0.25) is 0 Å². The Bertz CT molecular complexity index is 748. The Kier molecular flexibility index (Phi) is 2.59. The molecule has 2 N–H and O–H groups in total. The molecule has 0 aliphatic carbocycles. The minimum Gasteiger partial charge on any atom is -0.495 e. The summed E-state index contributed by atoms with van der Waals surface area (Å²) >= 11 is 0. The molecule has 0 spiro atoms. The molecule has 0 unspecified atom stereocenters. The van der Waals surface area contributed by atoms with Gasteiger partial charge in [-0.05, 0) is 37.3 Å². The number of hydrogen-bond acceptors (Lipinski definition) is 4. The number of rotatable bonds is 2. The predicted octanol–water partition coefficient (Wildman–Crippen LogP) is 2.30. The first-order chi connectivity index (χ1) is 9.20. The van der Waals surface area contributed by atoms with E-state index in [-0.39, 0.29) is 0 Å². The third-order valence-electron chi connectivity index (χ3n) is 3.12. The normalized spacial score (nSPS) is 10.8. The third-order valence-corrected chi connectivity index (χ3v) is 3.12. The van der Waals surface area contributed by atoms with Gasteiger partial charge in [-0.2, -0.15) is 0 Å². The van der Waals surface area contributed by atoms with Crippen molar-refractivity contribution in [1.29, 1.82) is 0 Å². The molecular weight excluding hydrogens is 240 g/mol. The molecule has 0 saturated carbocycles. The van der Waals surface area contributed by atoms with Crippen molar-refractivity contribution in [2.24, 2.45) is 0 Å². The number of anilines is 1. The maximum Gasteiger partial charge on any atom is 0.168 e. The highest BCUT2D eigenvalue weighted by Crippen LogP contribution is 2.28. The first kappa shape index (κ1) is 11.5. The molecule has 3 rings (SSSR count). The van der Waals surface area contributed by atoms with Gasteiger partial charge in [0.05, 0.1) is 12.8 Å². The van der Waals surface area contributed by atoms with Crippen molar-refractivity contribution in [3.63, 3.8) is 0 Å². The zero-order valence-electron chi connectivity index (χ0n) is 10.8. The smallest absolute Gasteiger partial charge is 0.168 e. The van der Waals surface area contributed by atoms with Crippen molar-refractivity contribution < 1.29 is 4.74 Å². The number of nitrogen functional groups attached to an aromatic ring is 1. The summed E-state index contributed by atoms with van der Waals surface area (Å²) < 4.78 is 7.25. The van der Waals surface area contributed by atoms with E-state index in [4.69, 9.17) is 10.5 Å². The second kappa shape index (κ2) is 4.28. The molecule has 0 atom stereocenters. The van der Waals surface area contributed by atoms with E-state index in [2.05, 4.69) is 10.2 Å². The molecule has 19 heavy (non-hydrogen) atoms. The maximum absolute atomic E-state index is 5.83. The van der Waals surface area contributed by atoms with Crippen LogP contribution in [0.3, 0.4) is 0 Å². The molecular formula is C14H14N4O. The zero-order valence-corrected chi connectivity index (χ0v) is 10.8. The lowest BCUT2D eigenvalue weighted by atomic mass is 10.1. The molecule has 0 amide bonds. The van der Waals surface area contributed by atoms with E-state index in [1.165, 1.54) is 0 Å². The topological polar surface area (TPSA) is 65.4 Å². The second-order valence-corrected chi connectivity index (χ2v) is 4.34. The van der Waals surface area contributed by atoms with Crippen LogP contribution in [0.2, 0.25) is 0 Å². The molecule has 0 aliphatic rings. The monoisotopic (exact) mass is 254 g/mol. The van der Waals surface area contributed by atoms with Crippen molar-refractivity contribution in [2.45, 2.75) is 6.92 Å². The highest BCUT2D eigenvalue weighted by atomic mass is 16.5. The molecule has 0 fully saturated rings. The summed E-state index contributed by atoms with van der Waals surface area (Å²) in [5.41, 5.74) is 9.26. The zero-order chi connectivity index (χ0) is 13.4. The van der Waals surface area contributed by atoms with Crippen LogP contribution >= 0.6 is 0 Å². The van der Waals surface area contributed by atoms with Crippen molar-refractivity contribution >= 4 is 11.3 Å². The fourth-order valence-electron chi connectivity index (χ4n) is 2.14. The molecule has 5 nitrogen and oxygen atoms in total. The van der Waals surface area contributed by atoms with E-state index in [9.17, 15) is 0 Å². The fraction of sp³-hybridized carbons (Fsp3) is 0.143. The number of aryl methyl sites for hydroxylation is 1. The number of ether oxygens (including phenoxy) is 1. The fourth-order valence-corrected chi connectivity index (χ4v) is 2.14. The van der Waals surface area contributed by atoms with E-state index in [1.807, 2.05) is 47.7 Å². The van der Waals surface area contributed by atoms with E-state index >= 15 is 0 Å². The summed E-state index contributed by atoms with van der Waals surface area (Å²) in [4.78, 5) is 0. The van der Waals surface area contributed by atoms with Crippen LogP contribution in [0.4, 0.5) is 5.69 Å². The number of nitrogens with two attached hydrogens (primary N) is 1. The number of benzene rings is 1. The van der Waals surface area contributed by atoms with Gasteiger partial charge >= 0.3 is 0 Å². The van der Waals surface area contributed by atoms with Gasteiger partial charge in [0.1, 0.15) is 5.75 Å². The number of fused-ring (bicyclic) bond motifs is 1. The Labute approximate surface area is 110 Å². The van der Waals surface area contributed by atoms with Crippen LogP contribution in [0.15, 0.2) is 36.4 Å². The van der Waals surface area contributed by atoms with Crippen LogP contribution in [-0.2, 0) is 0 Å². The quantitative estimate of drug-likeness (QED) is 0.713. The third kappa shape index (κ3) is 1.79. The molecule has 2 aromatic heterocycles. The van der Waals surface area contributed by atoms with Crippen molar-refractivity contribution in [3.8, 4) is 17.1 Å². The molecule has 0 bridgehead atoms. The van der Waals surface area contributed by atoms with Gasteiger partial charge in [-0.1, -0.05) is 6.07 Å². The molecule has 0 aliphatic heterocycles. The Hall–Kier alpha value is -2.56. The summed E-state index contributed by atoms with van der Waals surface area (Å²) in [5, 5.41) is 8.42. The Morgan fingerprint density at radius 3 is 2.79 bits per heavy atom. The molecule has 1 aromatic carbocycles. The van der Waals surface area contributed by atoms with Gasteiger partial charge in [0.15, 0.2) is 11.5 Å². The van der Waals surface area contributed by atoms with Crippen LogP contribution in [0.25, 0.3) is 17.0 Å². The van der Waals surface area contributed by atoms with E-state index in [0.717, 1.165) is 22.7 Å². The number of hydrogen-bond donors (Lipinski definition) is 1. The first-order valence-corrected chi connectivity index (χ1v) is 5.95. The average Bonchev–Trinajstić information content (AvgIpc) is 2.85. The number of aromatic nitrogens is 3. The van der Waals surface area contributed by atoms with Crippen LogP contribution in [0.5, 0.6) is 5.75 Å². The van der Waals surface area contributed by atoms with Gasteiger partial charge in [0, 0.05) is 11.3 Å². The van der Waals surface area contributed by atoms with E-state index in [1.54, 1.807) is 7.11 Å². The lowest BCUT2D eigenvalue weighted by Crippen LogP contribution is -1.96. The number of nitrogens with zero attached hydrogens (tertiary/aromatic N) is 3. The highest BCUT2D eigenvalue weighted by molar-refractivity contribution is 5.67. The molecule has 5 heteroatoms. The molecule has 0 saturated heterocycles. The minimum atomic E-state index is 0.608. The highest BCUT2D eigenvalue weighted by Gasteiger charge is 2.11. The summed E-state index contributed by atoms with van der Waals surface area (Å²) in [7, 11) is 1.60. The maximum atomic E-state index is 5.83. The van der Waals surface area contributed by atoms with Gasteiger partial charge in [-0.15, -0.1) is 10.2 Å². The summed E-state index contributed by atoms with van der Waals surface area (Å²) in [6.07, 6.45) is 0. The standard InChI is InChI=1S/C14H14N4O/c1-9-4-3-5-13-16-17-14(18(9)13)10-6-7-11(15)12(8-10)19-2/h3-8H,15H2,1-2H3. The van der Waals surface area contributed by atoms with Crippen LogP contribution in [0.1, 0.15) is 5.69 Å². The number of methoxy groups -OCH3 is 1. The van der Waals surface area contributed by atoms with Crippen LogP contribution < -0.4 is 10.5 Å². The Balaban J connectivity index is 2.25. The molecule has 96 valence electrons. The van der Waals surface area contributed by atoms with Crippen molar-refractivity contribution in [1.82, 2.24) is 14.6 Å². The first-order valence-electron chi connectivity index (χ1n) is 5.95. The van der Waals surface area contributed by atoms with Crippen LogP contribution in [0, 0.1) is 6.92 Å². The van der Waals surface area contributed by atoms with Crippen molar-refractivity contribution in [2.75, 3.05) is 12.8 Å². The second-order valence-electron chi connectivity index (χ2n) is 4.34. The lowest BCUT2D eigenvalue weighted by Gasteiger charge is -2.07. The van der Waals surface area contributed by atoms with Gasteiger partial charge in [-0.25, -0.2) is 0 Å². The SMILES string of the molecule is COc1cc(-c2nnc3cccc(C)n23)ccc1N. The summed E-state index contributed by atoms with van der Waals surface area (Å²) in [6.45, 7) is 2.02.